The van der Waals surface area contributed by atoms with E-state index in [1.807, 2.05) is 4.90 Å². The van der Waals surface area contributed by atoms with E-state index in [0.29, 0.717) is 0 Å². The van der Waals surface area contributed by atoms with Gasteiger partial charge in [-0.05, 0) is 37.5 Å². The first-order chi connectivity index (χ1) is 11.1. The zero-order chi connectivity index (χ0) is 16.4. The van der Waals surface area contributed by atoms with Gasteiger partial charge >= 0.3 is 0 Å². The van der Waals surface area contributed by atoms with Crippen molar-refractivity contribution >= 4 is 17.5 Å². The lowest BCUT2D eigenvalue weighted by Crippen LogP contribution is -2.54. The molecule has 0 saturated carbocycles. The monoisotopic (exact) mass is 315 g/mol. The molecule has 23 heavy (non-hydrogen) atoms. The summed E-state index contributed by atoms with van der Waals surface area (Å²) in [5, 5.41) is 0. The molecule has 0 spiro atoms. The Labute approximate surface area is 137 Å². The number of hydrogen-bond acceptors (Lipinski definition) is 3. The summed E-state index contributed by atoms with van der Waals surface area (Å²) in [6, 6.07) is 8.24. The van der Waals surface area contributed by atoms with Crippen LogP contribution in [0.25, 0.3) is 0 Å². The van der Waals surface area contributed by atoms with Crippen molar-refractivity contribution in [2.45, 2.75) is 32.7 Å². The first kappa shape index (κ1) is 15.8. The second-order valence-corrected chi connectivity index (χ2v) is 6.52. The highest BCUT2D eigenvalue weighted by atomic mass is 16.2. The highest BCUT2D eigenvalue weighted by molar-refractivity contribution is 5.87. The summed E-state index contributed by atoms with van der Waals surface area (Å²) in [6.07, 6.45) is 1.73. The summed E-state index contributed by atoms with van der Waals surface area (Å²) in [5.74, 6) is 0.140. The number of hydrogen-bond donors (Lipinski definition) is 0. The maximum absolute atomic E-state index is 12.7. The summed E-state index contributed by atoms with van der Waals surface area (Å²) in [5.41, 5.74) is 2.48. The fourth-order valence-corrected chi connectivity index (χ4v) is 3.62. The van der Waals surface area contributed by atoms with E-state index >= 15 is 0 Å². The van der Waals surface area contributed by atoms with E-state index in [2.05, 4.69) is 36.1 Å². The molecule has 2 heterocycles. The van der Waals surface area contributed by atoms with Gasteiger partial charge in [0.15, 0.2) is 0 Å². The highest BCUT2D eigenvalue weighted by Gasteiger charge is 2.36. The van der Waals surface area contributed by atoms with Crippen molar-refractivity contribution in [1.82, 2.24) is 9.80 Å². The van der Waals surface area contributed by atoms with Crippen molar-refractivity contribution in [2.75, 3.05) is 37.6 Å². The van der Waals surface area contributed by atoms with Crippen LogP contribution in [0.2, 0.25) is 0 Å². The summed E-state index contributed by atoms with van der Waals surface area (Å²) in [4.78, 5) is 30.4. The van der Waals surface area contributed by atoms with Gasteiger partial charge in [-0.1, -0.05) is 12.1 Å². The predicted molar refractivity (Wildman–Crippen MR) is 90.4 cm³/mol. The van der Waals surface area contributed by atoms with Crippen LogP contribution in [0.4, 0.5) is 5.69 Å². The molecule has 0 aromatic heterocycles. The Morgan fingerprint density at radius 2 is 1.83 bits per heavy atom. The minimum Gasteiger partial charge on any atom is -0.368 e. The topological polar surface area (TPSA) is 43.9 Å². The van der Waals surface area contributed by atoms with Crippen molar-refractivity contribution in [1.29, 1.82) is 0 Å². The Bertz CT molecular complexity index is 594. The molecule has 1 aromatic carbocycles. The Hall–Kier alpha value is -2.04. The predicted octanol–water partition coefficient (Wildman–Crippen LogP) is 1.65. The lowest BCUT2D eigenvalue weighted by atomic mass is 10.1. The fourth-order valence-electron chi connectivity index (χ4n) is 3.62. The van der Waals surface area contributed by atoms with Gasteiger partial charge in [0.05, 0.1) is 0 Å². The normalized spacial score (nSPS) is 21.7. The first-order valence-corrected chi connectivity index (χ1v) is 8.44. The molecule has 1 unspecified atom stereocenters. The van der Waals surface area contributed by atoms with Crippen molar-refractivity contribution in [3.8, 4) is 0 Å². The van der Waals surface area contributed by atoms with E-state index < -0.39 is 0 Å². The smallest absolute Gasteiger partial charge is 0.245 e. The fraction of sp³-hybridized carbons (Fsp3) is 0.556. The molecule has 2 aliphatic heterocycles. The van der Waals surface area contributed by atoms with Gasteiger partial charge in [-0.25, -0.2) is 0 Å². The molecule has 0 aliphatic carbocycles. The molecule has 2 saturated heterocycles. The molecule has 124 valence electrons. The Morgan fingerprint density at radius 3 is 2.48 bits per heavy atom. The third kappa shape index (κ3) is 3.33. The van der Waals surface area contributed by atoms with Gasteiger partial charge in [0.2, 0.25) is 11.8 Å². The maximum atomic E-state index is 12.7. The molecule has 1 aromatic rings. The van der Waals surface area contributed by atoms with Gasteiger partial charge in [-0.15, -0.1) is 0 Å². The molecule has 1 atom stereocenters. The van der Waals surface area contributed by atoms with Crippen LogP contribution in [0.15, 0.2) is 24.3 Å². The average molecular weight is 315 g/mol. The molecule has 2 amide bonds. The summed E-state index contributed by atoms with van der Waals surface area (Å²) < 4.78 is 0. The van der Waals surface area contributed by atoms with Crippen LogP contribution in [0.5, 0.6) is 0 Å². The number of aryl methyl sites for hydroxylation is 1. The third-order valence-electron chi connectivity index (χ3n) is 4.90. The number of rotatable bonds is 2. The third-order valence-corrected chi connectivity index (χ3v) is 4.90. The van der Waals surface area contributed by atoms with Crippen LogP contribution >= 0.6 is 0 Å². The lowest BCUT2D eigenvalue weighted by molar-refractivity contribution is -0.143. The van der Waals surface area contributed by atoms with E-state index in [9.17, 15) is 9.59 Å². The molecule has 5 nitrogen and oxygen atoms in total. The van der Waals surface area contributed by atoms with Crippen molar-refractivity contribution in [3.05, 3.63) is 29.8 Å². The number of nitrogens with zero attached hydrogens (tertiary/aromatic N) is 3. The Morgan fingerprint density at radius 1 is 1.09 bits per heavy atom. The molecule has 0 radical (unpaired) electrons. The summed E-state index contributed by atoms with van der Waals surface area (Å²) >= 11 is 0. The standard InChI is InChI=1S/C18H25N3O2/c1-14-5-3-6-16(13-14)19-9-11-20(12-10-19)18(23)17-7-4-8-21(17)15(2)22/h3,5-6,13,17H,4,7-12H2,1-2H3. The van der Waals surface area contributed by atoms with Gasteiger partial charge < -0.3 is 14.7 Å². The molecule has 5 heteroatoms. The van der Waals surface area contributed by atoms with Gasteiger partial charge in [0.1, 0.15) is 6.04 Å². The zero-order valence-electron chi connectivity index (χ0n) is 14.0. The molecule has 0 bridgehead atoms. The molecule has 2 aliphatic rings. The minimum absolute atomic E-state index is 0.0132. The number of anilines is 1. The van der Waals surface area contributed by atoms with E-state index in [0.717, 1.165) is 45.6 Å². The van der Waals surface area contributed by atoms with E-state index in [-0.39, 0.29) is 17.9 Å². The second-order valence-electron chi connectivity index (χ2n) is 6.52. The van der Waals surface area contributed by atoms with Gasteiger partial charge in [0.25, 0.3) is 0 Å². The number of likely N-dealkylation sites (tertiary alicyclic amines) is 1. The number of carbonyl (C=O) groups excluding carboxylic acids is 2. The van der Waals surface area contributed by atoms with Crippen molar-refractivity contribution < 1.29 is 9.59 Å². The van der Waals surface area contributed by atoms with Crippen LogP contribution < -0.4 is 4.90 Å². The van der Waals surface area contributed by atoms with E-state index in [1.54, 1.807) is 11.8 Å². The van der Waals surface area contributed by atoms with Gasteiger partial charge in [0, 0.05) is 45.3 Å². The molecular weight excluding hydrogens is 290 g/mol. The van der Waals surface area contributed by atoms with Crippen LogP contribution in [0, 0.1) is 6.92 Å². The lowest BCUT2D eigenvalue weighted by Gasteiger charge is -2.38. The van der Waals surface area contributed by atoms with Crippen LogP contribution in [0.3, 0.4) is 0 Å². The molecule has 2 fully saturated rings. The van der Waals surface area contributed by atoms with Gasteiger partial charge in [-0.3, -0.25) is 9.59 Å². The number of carbonyl (C=O) groups is 2. The molecule has 0 N–H and O–H groups in total. The van der Waals surface area contributed by atoms with Gasteiger partial charge in [-0.2, -0.15) is 0 Å². The van der Waals surface area contributed by atoms with Crippen LogP contribution in [-0.4, -0.2) is 60.4 Å². The van der Waals surface area contributed by atoms with Crippen molar-refractivity contribution in [2.24, 2.45) is 0 Å². The number of piperazine rings is 1. The maximum Gasteiger partial charge on any atom is 0.245 e. The quantitative estimate of drug-likeness (QED) is 0.833. The van der Waals surface area contributed by atoms with E-state index in [4.69, 9.17) is 0 Å². The van der Waals surface area contributed by atoms with E-state index in [1.165, 1.54) is 11.3 Å². The summed E-state index contributed by atoms with van der Waals surface area (Å²) in [7, 11) is 0. The Kier molecular flexibility index (Phi) is 4.55. The molecular formula is C18H25N3O2. The Balaban J connectivity index is 1.60. The summed E-state index contributed by atoms with van der Waals surface area (Å²) in [6.45, 7) is 7.53. The number of benzene rings is 1. The highest BCUT2D eigenvalue weighted by Crippen LogP contribution is 2.22. The van der Waals surface area contributed by atoms with Crippen LogP contribution in [0.1, 0.15) is 25.3 Å². The SMILES string of the molecule is CC(=O)N1CCCC1C(=O)N1CCN(c2cccc(C)c2)CC1. The molecule has 3 rings (SSSR count). The van der Waals surface area contributed by atoms with Crippen molar-refractivity contribution in [3.63, 3.8) is 0 Å². The second kappa shape index (κ2) is 6.60. The largest absolute Gasteiger partial charge is 0.368 e. The first-order valence-electron chi connectivity index (χ1n) is 8.44. The zero-order valence-corrected chi connectivity index (χ0v) is 14.0. The van der Waals surface area contributed by atoms with Crippen LogP contribution in [-0.2, 0) is 9.59 Å². The average Bonchev–Trinajstić information content (AvgIpc) is 3.04. The minimum atomic E-state index is -0.238. The number of amides is 2.